The Bertz CT molecular complexity index is 303. The van der Waals surface area contributed by atoms with E-state index in [9.17, 15) is 0 Å². The molecule has 1 aliphatic rings. The molecule has 3 heteroatoms. The molecule has 0 saturated heterocycles. The molecule has 1 aromatic heterocycles. The molecule has 2 N–H and O–H groups in total. The number of hydrogen-bond donors (Lipinski definition) is 2. The average molecular weight is 238 g/mol. The normalized spacial score (nSPS) is 17.1. The third-order valence-corrected chi connectivity index (χ3v) is 4.19. The summed E-state index contributed by atoms with van der Waals surface area (Å²) >= 11 is 1.89. The zero-order valence-electron chi connectivity index (χ0n) is 10.1. The van der Waals surface area contributed by atoms with Crippen molar-refractivity contribution >= 4 is 11.3 Å². The van der Waals surface area contributed by atoms with Crippen LogP contribution in [0.25, 0.3) is 0 Å². The third-order valence-electron chi connectivity index (χ3n) is 3.19. The van der Waals surface area contributed by atoms with E-state index in [0.29, 0.717) is 0 Å². The monoisotopic (exact) mass is 238 g/mol. The maximum Gasteiger partial charge on any atom is 0.0300 e. The largest absolute Gasteiger partial charge is 0.313 e. The third kappa shape index (κ3) is 3.89. The van der Waals surface area contributed by atoms with Crippen LogP contribution in [0.15, 0.2) is 12.1 Å². The summed E-state index contributed by atoms with van der Waals surface area (Å²) in [5.41, 5.74) is 0. The van der Waals surface area contributed by atoms with Gasteiger partial charge in [-0.15, -0.1) is 11.3 Å². The lowest BCUT2D eigenvalue weighted by atomic mass is 10.2. The maximum absolute atomic E-state index is 3.61. The van der Waals surface area contributed by atoms with E-state index in [0.717, 1.165) is 25.7 Å². The van der Waals surface area contributed by atoms with E-state index in [1.807, 2.05) is 11.3 Å². The van der Waals surface area contributed by atoms with Crippen molar-refractivity contribution in [2.24, 2.45) is 0 Å². The molecule has 0 aliphatic heterocycles. The molecule has 0 atom stereocenters. The predicted octanol–water partition coefficient (Wildman–Crippen LogP) is 2.68. The molecule has 1 saturated carbocycles. The SMILES string of the molecule is Cc1ccc(CNCCNC2CCCC2)s1. The first-order valence-electron chi connectivity index (χ1n) is 6.34. The highest BCUT2D eigenvalue weighted by Crippen LogP contribution is 2.17. The van der Waals surface area contributed by atoms with Gasteiger partial charge in [-0.1, -0.05) is 12.8 Å². The summed E-state index contributed by atoms with van der Waals surface area (Å²) in [5.74, 6) is 0. The lowest BCUT2D eigenvalue weighted by molar-refractivity contribution is 0.509. The Hall–Kier alpha value is -0.380. The van der Waals surface area contributed by atoms with Crippen LogP contribution in [0.1, 0.15) is 35.4 Å². The van der Waals surface area contributed by atoms with Crippen molar-refractivity contribution in [1.29, 1.82) is 0 Å². The van der Waals surface area contributed by atoms with Crippen LogP contribution in [-0.4, -0.2) is 19.1 Å². The predicted molar refractivity (Wildman–Crippen MR) is 71.0 cm³/mol. The first-order chi connectivity index (χ1) is 7.84. The molecule has 1 fully saturated rings. The fourth-order valence-corrected chi connectivity index (χ4v) is 3.15. The van der Waals surface area contributed by atoms with Crippen LogP contribution in [0.4, 0.5) is 0 Å². The van der Waals surface area contributed by atoms with Gasteiger partial charge in [0.05, 0.1) is 0 Å². The zero-order valence-corrected chi connectivity index (χ0v) is 10.9. The van der Waals surface area contributed by atoms with E-state index in [1.165, 1.54) is 35.4 Å². The molecule has 0 amide bonds. The van der Waals surface area contributed by atoms with E-state index in [2.05, 4.69) is 29.7 Å². The van der Waals surface area contributed by atoms with E-state index in [1.54, 1.807) is 0 Å². The highest BCUT2D eigenvalue weighted by Gasteiger charge is 2.12. The first kappa shape index (κ1) is 12.1. The Morgan fingerprint density at radius 3 is 2.75 bits per heavy atom. The fraction of sp³-hybridized carbons (Fsp3) is 0.692. The van der Waals surface area contributed by atoms with Gasteiger partial charge >= 0.3 is 0 Å². The van der Waals surface area contributed by atoms with Crippen molar-refractivity contribution in [3.8, 4) is 0 Å². The molecule has 90 valence electrons. The molecule has 1 heterocycles. The summed E-state index contributed by atoms with van der Waals surface area (Å²) in [6.07, 6.45) is 5.59. The molecule has 0 bridgehead atoms. The van der Waals surface area contributed by atoms with Crippen molar-refractivity contribution in [2.45, 2.75) is 45.2 Å². The lowest BCUT2D eigenvalue weighted by Crippen LogP contribution is -2.33. The van der Waals surface area contributed by atoms with E-state index < -0.39 is 0 Å². The van der Waals surface area contributed by atoms with Crippen molar-refractivity contribution < 1.29 is 0 Å². The molecule has 0 unspecified atom stereocenters. The van der Waals surface area contributed by atoms with Crippen LogP contribution >= 0.6 is 11.3 Å². The van der Waals surface area contributed by atoms with Gasteiger partial charge in [0.25, 0.3) is 0 Å². The molecule has 16 heavy (non-hydrogen) atoms. The van der Waals surface area contributed by atoms with E-state index in [4.69, 9.17) is 0 Å². The summed E-state index contributed by atoms with van der Waals surface area (Å²) in [5, 5.41) is 7.10. The number of thiophene rings is 1. The van der Waals surface area contributed by atoms with Crippen molar-refractivity contribution in [3.05, 3.63) is 21.9 Å². The zero-order chi connectivity index (χ0) is 11.2. The topological polar surface area (TPSA) is 24.1 Å². The smallest absolute Gasteiger partial charge is 0.0300 e. The number of hydrogen-bond acceptors (Lipinski definition) is 3. The van der Waals surface area contributed by atoms with Crippen LogP contribution in [0.3, 0.4) is 0 Å². The minimum Gasteiger partial charge on any atom is -0.313 e. The summed E-state index contributed by atoms with van der Waals surface area (Å²) in [6.45, 7) is 5.36. The second-order valence-electron chi connectivity index (χ2n) is 4.62. The molecular weight excluding hydrogens is 216 g/mol. The summed E-state index contributed by atoms with van der Waals surface area (Å²) in [4.78, 5) is 2.85. The van der Waals surface area contributed by atoms with Gasteiger partial charge in [-0.05, 0) is 31.9 Å². The maximum atomic E-state index is 3.61. The molecule has 0 radical (unpaired) electrons. The first-order valence-corrected chi connectivity index (χ1v) is 7.15. The second-order valence-corrected chi connectivity index (χ2v) is 6.00. The van der Waals surface area contributed by atoms with E-state index >= 15 is 0 Å². The van der Waals surface area contributed by atoms with Gasteiger partial charge in [-0.2, -0.15) is 0 Å². The van der Waals surface area contributed by atoms with Gasteiger partial charge in [0.2, 0.25) is 0 Å². The summed E-state index contributed by atoms with van der Waals surface area (Å²) < 4.78 is 0. The fourth-order valence-electron chi connectivity index (χ4n) is 2.29. The highest BCUT2D eigenvalue weighted by atomic mass is 32.1. The Kier molecular flexibility index (Phi) is 4.82. The molecule has 0 aromatic carbocycles. The molecule has 1 aliphatic carbocycles. The second kappa shape index (κ2) is 6.38. The van der Waals surface area contributed by atoms with Crippen LogP contribution in [0.5, 0.6) is 0 Å². The molecule has 2 rings (SSSR count). The minimum absolute atomic E-state index is 0.797. The lowest BCUT2D eigenvalue weighted by Gasteiger charge is -2.11. The number of rotatable bonds is 6. The van der Waals surface area contributed by atoms with Gasteiger partial charge in [0.1, 0.15) is 0 Å². The van der Waals surface area contributed by atoms with Gasteiger partial charge < -0.3 is 10.6 Å². The van der Waals surface area contributed by atoms with Gasteiger partial charge in [-0.25, -0.2) is 0 Å². The van der Waals surface area contributed by atoms with Gasteiger partial charge in [-0.3, -0.25) is 0 Å². The van der Waals surface area contributed by atoms with Crippen LogP contribution < -0.4 is 10.6 Å². The van der Waals surface area contributed by atoms with Gasteiger partial charge in [0.15, 0.2) is 0 Å². The Labute approximate surface area is 102 Å². The molecule has 0 spiro atoms. The van der Waals surface area contributed by atoms with Crippen molar-refractivity contribution in [2.75, 3.05) is 13.1 Å². The van der Waals surface area contributed by atoms with Crippen LogP contribution in [-0.2, 0) is 6.54 Å². The molecule has 1 aromatic rings. The molecule has 2 nitrogen and oxygen atoms in total. The van der Waals surface area contributed by atoms with Crippen molar-refractivity contribution in [3.63, 3.8) is 0 Å². The Morgan fingerprint density at radius 1 is 1.25 bits per heavy atom. The number of nitrogens with one attached hydrogen (secondary N) is 2. The average Bonchev–Trinajstić information content (AvgIpc) is 2.89. The minimum atomic E-state index is 0.797. The van der Waals surface area contributed by atoms with Gasteiger partial charge in [0, 0.05) is 35.4 Å². The molecular formula is C13H22N2S. The summed E-state index contributed by atoms with van der Waals surface area (Å²) in [7, 11) is 0. The van der Waals surface area contributed by atoms with Crippen molar-refractivity contribution in [1.82, 2.24) is 10.6 Å². The van der Waals surface area contributed by atoms with Crippen LogP contribution in [0.2, 0.25) is 0 Å². The number of aryl methyl sites for hydroxylation is 1. The quantitative estimate of drug-likeness (QED) is 0.745. The van der Waals surface area contributed by atoms with E-state index in [-0.39, 0.29) is 0 Å². The Balaban J connectivity index is 1.51. The summed E-state index contributed by atoms with van der Waals surface area (Å²) in [6, 6.07) is 5.21. The Morgan fingerprint density at radius 2 is 2.06 bits per heavy atom. The van der Waals surface area contributed by atoms with Crippen LogP contribution in [0, 0.1) is 6.92 Å². The standard InChI is InChI=1S/C13H22N2S/c1-11-6-7-13(16-11)10-14-8-9-15-12-4-2-3-5-12/h6-7,12,14-15H,2-5,8-10H2,1H3. The highest BCUT2D eigenvalue weighted by molar-refractivity contribution is 7.11.